The summed E-state index contributed by atoms with van der Waals surface area (Å²) in [6.45, 7) is 1.92. The van der Waals surface area contributed by atoms with Crippen LogP contribution in [0.25, 0.3) is 0 Å². The van der Waals surface area contributed by atoms with Crippen LogP contribution in [-0.2, 0) is 6.18 Å². The van der Waals surface area contributed by atoms with E-state index in [9.17, 15) is 18.4 Å². The van der Waals surface area contributed by atoms with E-state index in [0.29, 0.717) is 11.4 Å². The predicted molar refractivity (Wildman–Crippen MR) is 83.8 cm³/mol. The lowest BCUT2D eigenvalue weighted by Crippen LogP contribution is -2.05. The van der Waals surface area contributed by atoms with E-state index in [1.807, 2.05) is 19.1 Å². The van der Waals surface area contributed by atoms with Crippen LogP contribution in [-0.4, -0.2) is 20.1 Å². The topological polar surface area (TPSA) is 63.0 Å². The van der Waals surface area contributed by atoms with E-state index >= 15 is 0 Å². The van der Waals surface area contributed by atoms with Gasteiger partial charge >= 0.3 is 6.18 Å². The minimum absolute atomic E-state index is 0.0803. The second-order valence-corrected chi connectivity index (χ2v) is 6.01. The number of aromatic nitrogens is 3. The van der Waals surface area contributed by atoms with Gasteiger partial charge < -0.3 is 10.5 Å². The summed E-state index contributed by atoms with van der Waals surface area (Å²) in [5.74, 6) is -0.0803. The van der Waals surface area contributed by atoms with Crippen LogP contribution in [0, 0.1) is 0 Å². The molecule has 0 saturated carbocycles. The van der Waals surface area contributed by atoms with Crippen molar-refractivity contribution >= 4 is 22.2 Å². The molecule has 0 fully saturated rings. The first-order chi connectivity index (χ1) is 11.3. The SMILES string of the molecule is CC(c1ccc(Nc2nc(C(F)(F)F)cs2)cc1)c1ccnn1O. The molecule has 1 unspecified atom stereocenters. The Kier molecular flexibility index (Phi) is 4.18. The number of halogens is 3. The van der Waals surface area contributed by atoms with Crippen molar-refractivity contribution in [3.05, 3.63) is 58.9 Å². The number of nitrogens with zero attached hydrogens (tertiary/aromatic N) is 3. The molecule has 0 saturated heterocycles. The lowest BCUT2D eigenvalue weighted by atomic mass is 9.98. The largest absolute Gasteiger partial charge is 0.434 e. The van der Waals surface area contributed by atoms with Crippen LogP contribution in [0.15, 0.2) is 41.9 Å². The molecule has 24 heavy (non-hydrogen) atoms. The van der Waals surface area contributed by atoms with Gasteiger partial charge in [-0.25, -0.2) is 4.98 Å². The van der Waals surface area contributed by atoms with Crippen LogP contribution in [0.1, 0.15) is 29.8 Å². The zero-order chi connectivity index (χ0) is 17.3. The van der Waals surface area contributed by atoms with Gasteiger partial charge in [0.15, 0.2) is 10.8 Å². The van der Waals surface area contributed by atoms with Crippen molar-refractivity contribution in [2.24, 2.45) is 0 Å². The Hall–Kier alpha value is -2.55. The molecule has 2 N–H and O–H groups in total. The third kappa shape index (κ3) is 3.35. The van der Waals surface area contributed by atoms with Crippen molar-refractivity contribution < 1.29 is 18.4 Å². The first kappa shape index (κ1) is 16.3. The van der Waals surface area contributed by atoms with Gasteiger partial charge in [-0.2, -0.15) is 13.2 Å². The molecule has 2 heterocycles. The smallest absolute Gasteiger partial charge is 0.411 e. The predicted octanol–water partition coefficient (Wildman–Crippen LogP) is 4.49. The number of alkyl halides is 3. The maximum atomic E-state index is 12.5. The van der Waals surface area contributed by atoms with Gasteiger partial charge in [0.2, 0.25) is 0 Å². The zero-order valence-electron chi connectivity index (χ0n) is 12.4. The highest BCUT2D eigenvalue weighted by Gasteiger charge is 2.33. The number of benzene rings is 1. The van der Waals surface area contributed by atoms with Crippen molar-refractivity contribution in [3.63, 3.8) is 0 Å². The standard InChI is InChI=1S/C15H13F3N4OS/c1-9(12-6-7-19-22(12)23)10-2-4-11(5-3-10)20-14-21-13(8-24-14)15(16,17)18/h2-9,23H,1H3,(H,20,21). The molecule has 1 aromatic carbocycles. The maximum Gasteiger partial charge on any atom is 0.434 e. The van der Waals surface area contributed by atoms with E-state index in [2.05, 4.69) is 15.4 Å². The van der Waals surface area contributed by atoms with Crippen LogP contribution < -0.4 is 5.32 Å². The van der Waals surface area contributed by atoms with Crippen molar-refractivity contribution in [2.45, 2.75) is 19.0 Å². The molecular weight excluding hydrogens is 341 g/mol. The number of thiazole rings is 1. The first-order valence-electron chi connectivity index (χ1n) is 6.97. The van der Waals surface area contributed by atoms with Crippen LogP contribution in [0.5, 0.6) is 0 Å². The summed E-state index contributed by atoms with van der Waals surface area (Å²) in [4.78, 5) is 4.35. The van der Waals surface area contributed by atoms with Crippen molar-refractivity contribution in [3.8, 4) is 0 Å². The Bertz CT molecular complexity index is 826. The van der Waals surface area contributed by atoms with E-state index in [4.69, 9.17) is 0 Å². The number of nitrogens with one attached hydrogen (secondary N) is 1. The highest BCUT2D eigenvalue weighted by molar-refractivity contribution is 7.13. The van der Waals surface area contributed by atoms with Gasteiger partial charge in [-0.05, 0) is 23.8 Å². The van der Waals surface area contributed by atoms with Crippen LogP contribution in [0.3, 0.4) is 0 Å². The number of rotatable bonds is 4. The number of hydrogen-bond acceptors (Lipinski definition) is 5. The Labute approximate surface area is 139 Å². The van der Waals surface area contributed by atoms with Gasteiger partial charge in [-0.15, -0.1) is 21.3 Å². The molecule has 0 aliphatic carbocycles. The lowest BCUT2D eigenvalue weighted by molar-refractivity contribution is -0.140. The molecular formula is C15H13F3N4OS. The molecule has 0 radical (unpaired) electrons. The fourth-order valence-electron chi connectivity index (χ4n) is 2.23. The molecule has 2 aromatic heterocycles. The molecule has 3 rings (SSSR count). The second kappa shape index (κ2) is 6.16. The lowest BCUT2D eigenvalue weighted by Gasteiger charge is -2.12. The summed E-state index contributed by atoms with van der Waals surface area (Å²) in [6.07, 6.45) is -2.94. The zero-order valence-corrected chi connectivity index (χ0v) is 13.3. The molecule has 0 amide bonds. The molecule has 3 aromatic rings. The van der Waals surface area contributed by atoms with Gasteiger partial charge in [0, 0.05) is 17.0 Å². The van der Waals surface area contributed by atoms with Gasteiger partial charge in [-0.1, -0.05) is 19.1 Å². The van der Waals surface area contributed by atoms with E-state index < -0.39 is 11.9 Å². The Balaban J connectivity index is 1.73. The third-order valence-electron chi connectivity index (χ3n) is 3.55. The first-order valence-corrected chi connectivity index (χ1v) is 7.85. The molecule has 0 bridgehead atoms. The average molecular weight is 354 g/mol. The highest BCUT2D eigenvalue weighted by atomic mass is 32.1. The number of anilines is 2. The molecule has 9 heteroatoms. The van der Waals surface area contributed by atoms with Crippen LogP contribution in [0.4, 0.5) is 24.0 Å². The quantitative estimate of drug-likeness (QED) is 0.678. The monoisotopic (exact) mass is 354 g/mol. The van der Waals surface area contributed by atoms with Crippen molar-refractivity contribution in [1.82, 2.24) is 14.9 Å². The Morgan fingerprint density at radius 2 is 1.92 bits per heavy atom. The van der Waals surface area contributed by atoms with Crippen LogP contribution >= 0.6 is 11.3 Å². The summed E-state index contributed by atoms with van der Waals surface area (Å²) in [5, 5.41) is 17.3. The summed E-state index contributed by atoms with van der Waals surface area (Å²) >= 11 is 0.895. The Morgan fingerprint density at radius 3 is 2.46 bits per heavy atom. The van der Waals surface area contributed by atoms with Gasteiger partial charge in [-0.3, -0.25) is 0 Å². The fourth-order valence-corrected chi connectivity index (χ4v) is 2.97. The summed E-state index contributed by atoms with van der Waals surface area (Å²) in [7, 11) is 0. The minimum Gasteiger partial charge on any atom is -0.411 e. The minimum atomic E-state index is -4.44. The molecule has 0 aliphatic rings. The van der Waals surface area contributed by atoms with Gasteiger partial charge in [0.1, 0.15) is 0 Å². The summed E-state index contributed by atoms with van der Waals surface area (Å²) in [6, 6.07) is 8.87. The van der Waals surface area contributed by atoms with E-state index in [0.717, 1.165) is 27.1 Å². The van der Waals surface area contributed by atoms with Crippen molar-refractivity contribution in [2.75, 3.05) is 5.32 Å². The van der Waals surface area contributed by atoms with Crippen molar-refractivity contribution in [1.29, 1.82) is 0 Å². The molecule has 1 atom stereocenters. The van der Waals surface area contributed by atoms with E-state index in [1.54, 1.807) is 18.2 Å². The maximum absolute atomic E-state index is 12.5. The molecule has 5 nitrogen and oxygen atoms in total. The molecule has 0 aliphatic heterocycles. The average Bonchev–Trinajstić information content (AvgIpc) is 3.16. The summed E-state index contributed by atoms with van der Waals surface area (Å²) < 4.78 is 37.6. The summed E-state index contributed by atoms with van der Waals surface area (Å²) in [5.41, 5.74) is 1.31. The molecule has 0 spiro atoms. The van der Waals surface area contributed by atoms with Crippen LogP contribution in [0.2, 0.25) is 0 Å². The molecule has 126 valence electrons. The number of hydrogen-bond donors (Lipinski definition) is 2. The van der Waals surface area contributed by atoms with E-state index in [-0.39, 0.29) is 11.0 Å². The normalized spacial score (nSPS) is 13.0. The Morgan fingerprint density at radius 1 is 1.21 bits per heavy atom. The second-order valence-electron chi connectivity index (χ2n) is 5.15. The van der Waals surface area contributed by atoms with Gasteiger partial charge in [0.05, 0.1) is 11.9 Å². The fraction of sp³-hybridized carbons (Fsp3) is 0.200. The third-order valence-corrected chi connectivity index (χ3v) is 4.31. The van der Waals surface area contributed by atoms with Gasteiger partial charge in [0.25, 0.3) is 0 Å². The highest BCUT2D eigenvalue weighted by Crippen LogP contribution is 2.33. The van der Waals surface area contributed by atoms with E-state index in [1.165, 1.54) is 6.20 Å².